The van der Waals surface area contributed by atoms with E-state index < -0.39 is 0 Å². The van der Waals surface area contributed by atoms with E-state index in [1.165, 1.54) is 51.6 Å². The first-order valence-electron chi connectivity index (χ1n) is 7.16. The maximum Gasteiger partial charge on any atom is 0.00695 e. The van der Waals surface area contributed by atoms with Gasteiger partial charge in [0.1, 0.15) is 0 Å². The first kappa shape index (κ1) is 12.4. The van der Waals surface area contributed by atoms with E-state index in [0.29, 0.717) is 6.04 Å². The molecule has 1 saturated heterocycles. The number of likely N-dealkylation sites (tertiary alicyclic amines) is 1. The minimum absolute atomic E-state index is 0.393. The summed E-state index contributed by atoms with van der Waals surface area (Å²) in [4.78, 5) is 2.69. The van der Waals surface area contributed by atoms with Gasteiger partial charge in [-0.3, -0.25) is 0 Å². The third-order valence-electron chi connectivity index (χ3n) is 4.84. The maximum atomic E-state index is 5.98. The highest BCUT2D eigenvalue weighted by Gasteiger charge is 2.27. The van der Waals surface area contributed by atoms with Crippen molar-refractivity contribution in [2.75, 3.05) is 13.1 Å². The molecule has 2 heteroatoms. The second-order valence-electron chi connectivity index (χ2n) is 6.11. The zero-order chi connectivity index (χ0) is 11.5. The lowest BCUT2D eigenvalue weighted by Crippen LogP contribution is -2.44. The van der Waals surface area contributed by atoms with Gasteiger partial charge in [-0.05, 0) is 58.0 Å². The lowest BCUT2D eigenvalue weighted by Gasteiger charge is -2.39. The summed E-state index contributed by atoms with van der Waals surface area (Å²) >= 11 is 0. The molecule has 0 spiro atoms. The molecule has 0 aromatic carbocycles. The molecule has 1 heterocycles. The lowest BCUT2D eigenvalue weighted by molar-refractivity contribution is 0.105. The lowest BCUT2D eigenvalue weighted by atomic mass is 9.80. The summed E-state index contributed by atoms with van der Waals surface area (Å²) < 4.78 is 0. The molecule has 0 aromatic heterocycles. The van der Waals surface area contributed by atoms with Crippen LogP contribution in [0.4, 0.5) is 0 Å². The predicted molar refractivity (Wildman–Crippen MR) is 69.4 cm³/mol. The Morgan fingerprint density at radius 2 is 1.75 bits per heavy atom. The molecule has 1 saturated carbocycles. The van der Waals surface area contributed by atoms with Crippen LogP contribution in [0.2, 0.25) is 0 Å². The molecule has 94 valence electrons. The van der Waals surface area contributed by atoms with Gasteiger partial charge in [-0.1, -0.05) is 19.3 Å². The van der Waals surface area contributed by atoms with Gasteiger partial charge in [-0.2, -0.15) is 0 Å². The van der Waals surface area contributed by atoms with Crippen molar-refractivity contribution in [3.63, 3.8) is 0 Å². The molecule has 2 atom stereocenters. The molecule has 2 fully saturated rings. The van der Waals surface area contributed by atoms with Crippen molar-refractivity contribution in [3.05, 3.63) is 0 Å². The van der Waals surface area contributed by atoms with Crippen LogP contribution < -0.4 is 5.73 Å². The Balaban J connectivity index is 1.70. The number of nitrogens with zero attached hydrogens (tertiary/aromatic N) is 1. The van der Waals surface area contributed by atoms with Gasteiger partial charge in [0.25, 0.3) is 0 Å². The highest BCUT2D eigenvalue weighted by molar-refractivity contribution is 4.82. The van der Waals surface area contributed by atoms with Crippen molar-refractivity contribution in [1.29, 1.82) is 0 Å². The number of rotatable bonds is 4. The zero-order valence-electron chi connectivity index (χ0n) is 11.0. The molecule has 1 aliphatic carbocycles. The van der Waals surface area contributed by atoms with E-state index in [9.17, 15) is 0 Å². The Labute approximate surface area is 101 Å². The van der Waals surface area contributed by atoms with E-state index >= 15 is 0 Å². The van der Waals surface area contributed by atoms with Crippen molar-refractivity contribution >= 4 is 0 Å². The summed E-state index contributed by atoms with van der Waals surface area (Å²) in [6, 6.07) is 1.20. The molecular weight excluding hydrogens is 196 g/mol. The average Bonchev–Trinajstić information content (AvgIpc) is 2.23. The highest BCUT2D eigenvalue weighted by Crippen LogP contribution is 2.32. The summed E-state index contributed by atoms with van der Waals surface area (Å²) in [6.07, 6.45) is 8.51. The van der Waals surface area contributed by atoms with Crippen LogP contribution in [0.25, 0.3) is 0 Å². The molecule has 0 radical (unpaired) electrons. The summed E-state index contributed by atoms with van der Waals surface area (Å²) in [7, 11) is 0. The van der Waals surface area contributed by atoms with Crippen LogP contribution in [-0.4, -0.2) is 30.1 Å². The van der Waals surface area contributed by atoms with Gasteiger partial charge in [-0.15, -0.1) is 0 Å². The topological polar surface area (TPSA) is 29.3 Å². The Morgan fingerprint density at radius 3 is 2.19 bits per heavy atom. The van der Waals surface area contributed by atoms with Crippen molar-refractivity contribution in [3.8, 4) is 0 Å². The molecule has 0 aromatic rings. The van der Waals surface area contributed by atoms with E-state index in [-0.39, 0.29) is 0 Å². The van der Waals surface area contributed by atoms with E-state index in [4.69, 9.17) is 5.73 Å². The molecule has 2 aliphatic rings. The van der Waals surface area contributed by atoms with Gasteiger partial charge in [0.15, 0.2) is 0 Å². The van der Waals surface area contributed by atoms with Crippen LogP contribution in [0.5, 0.6) is 0 Å². The molecule has 0 bridgehead atoms. The Bertz CT molecular complexity index is 203. The minimum atomic E-state index is 0.393. The first-order valence-corrected chi connectivity index (χ1v) is 7.16. The third-order valence-corrected chi connectivity index (χ3v) is 4.84. The molecule has 2 nitrogen and oxygen atoms in total. The second kappa shape index (κ2) is 5.50. The Kier molecular flexibility index (Phi) is 4.26. The SMILES string of the molecule is CC(N)C1CCN(C(C)CC2CCC2)CC1. The largest absolute Gasteiger partial charge is 0.328 e. The third kappa shape index (κ3) is 2.98. The van der Waals surface area contributed by atoms with Gasteiger partial charge >= 0.3 is 0 Å². The summed E-state index contributed by atoms with van der Waals surface area (Å²) in [6.45, 7) is 7.14. The highest BCUT2D eigenvalue weighted by atomic mass is 15.2. The minimum Gasteiger partial charge on any atom is -0.328 e. The van der Waals surface area contributed by atoms with Crippen molar-refractivity contribution in [2.24, 2.45) is 17.6 Å². The number of piperidine rings is 1. The number of hydrogen-bond donors (Lipinski definition) is 1. The summed E-state index contributed by atoms with van der Waals surface area (Å²) in [5.41, 5.74) is 5.98. The number of nitrogens with two attached hydrogens (primary N) is 1. The first-order chi connectivity index (χ1) is 7.66. The molecule has 2 N–H and O–H groups in total. The van der Waals surface area contributed by atoms with E-state index in [1.807, 2.05) is 0 Å². The van der Waals surface area contributed by atoms with Crippen molar-refractivity contribution in [1.82, 2.24) is 4.90 Å². The second-order valence-corrected chi connectivity index (χ2v) is 6.11. The van der Waals surface area contributed by atoms with Gasteiger partial charge in [0, 0.05) is 12.1 Å². The average molecular weight is 224 g/mol. The number of hydrogen-bond acceptors (Lipinski definition) is 2. The van der Waals surface area contributed by atoms with Gasteiger partial charge in [0.05, 0.1) is 0 Å². The van der Waals surface area contributed by atoms with E-state index in [1.54, 1.807) is 0 Å². The van der Waals surface area contributed by atoms with Crippen LogP contribution in [0.15, 0.2) is 0 Å². The normalized spacial score (nSPS) is 28.7. The van der Waals surface area contributed by atoms with Gasteiger partial charge in [0.2, 0.25) is 0 Å². The smallest absolute Gasteiger partial charge is 0.00695 e. The van der Waals surface area contributed by atoms with Crippen LogP contribution >= 0.6 is 0 Å². The summed E-state index contributed by atoms with van der Waals surface area (Å²) in [5.74, 6) is 1.81. The Morgan fingerprint density at radius 1 is 1.12 bits per heavy atom. The van der Waals surface area contributed by atoms with E-state index in [0.717, 1.165) is 17.9 Å². The van der Waals surface area contributed by atoms with Crippen molar-refractivity contribution in [2.45, 2.75) is 64.5 Å². The maximum absolute atomic E-state index is 5.98. The van der Waals surface area contributed by atoms with Crippen molar-refractivity contribution < 1.29 is 0 Å². The standard InChI is InChI=1S/C14H28N2/c1-11(10-13-4-3-5-13)16-8-6-14(7-9-16)12(2)15/h11-14H,3-10,15H2,1-2H3. The van der Waals surface area contributed by atoms with Gasteiger partial charge in [-0.25, -0.2) is 0 Å². The molecular formula is C14H28N2. The Hall–Kier alpha value is -0.0800. The van der Waals surface area contributed by atoms with Gasteiger partial charge < -0.3 is 10.6 Å². The van der Waals surface area contributed by atoms with E-state index in [2.05, 4.69) is 18.7 Å². The quantitative estimate of drug-likeness (QED) is 0.795. The molecule has 2 rings (SSSR count). The van der Waals surface area contributed by atoms with Crippen LogP contribution in [-0.2, 0) is 0 Å². The predicted octanol–water partition coefficient (Wildman–Crippen LogP) is 2.62. The monoisotopic (exact) mass is 224 g/mol. The molecule has 16 heavy (non-hydrogen) atoms. The van der Waals surface area contributed by atoms with Crippen LogP contribution in [0, 0.1) is 11.8 Å². The molecule has 1 aliphatic heterocycles. The fraction of sp³-hybridized carbons (Fsp3) is 1.00. The fourth-order valence-electron chi connectivity index (χ4n) is 3.25. The summed E-state index contributed by atoms with van der Waals surface area (Å²) in [5, 5.41) is 0. The van der Waals surface area contributed by atoms with Crippen LogP contribution in [0.1, 0.15) is 52.4 Å². The fourth-order valence-corrected chi connectivity index (χ4v) is 3.25. The zero-order valence-corrected chi connectivity index (χ0v) is 11.0. The molecule has 2 unspecified atom stereocenters. The van der Waals surface area contributed by atoms with Crippen LogP contribution in [0.3, 0.4) is 0 Å². The molecule has 0 amide bonds.